The maximum Gasteiger partial charge on any atom is 0.264 e. The molecule has 0 aliphatic carbocycles. The molecule has 5 rings (SSSR count). The van der Waals surface area contributed by atoms with Gasteiger partial charge in [-0.2, -0.15) is 0 Å². The lowest BCUT2D eigenvalue weighted by atomic mass is 9.90. The number of hydrogen-bond donors (Lipinski definition) is 0. The SMILES string of the molecule is Cc1ccccc1[C@H]1c2ccsc2CCN1CC(=O)N1CCN(C(=O)c2cccs2)CC1. The zero-order valence-electron chi connectivity index (χ0n) is 18.2. The van der Waals surface area contributed by atoms with Gasteiger partial charge in [-0.3, -0.25) is 14.5 Å². The van der Waals surface area contributed by atoms with Gasteiger partial charge in [-0.05, 0) is 52.9 Å². The molecule has 0 bridgehead atoms. The third kappa shape index (κ3) is 4.12. The summed E-state index contributed by atoms with van der Waals surface area (Å²) in [5.74, 6) is 0.234. The zero-order chi connectivity index (χ0) is 22.1. The molecule has 2 aliphatic heterocycles. The van der Waals surface area contributed by atoms with E-state index in [4.69, 9.17) is 0 Å². The summed E-state index contributed by atoms with van der Waals surface area (Å²) in [6.07, 6.45) is 0.992. The van der Waals surface area contributed by atoms with Crippen molar-refractivity contribution in [2.75, 3.05) is 39.3 Å². The van der Waals surface area contributed by atoms with Crippen molar-refractivity contribution in [2.45, 2.75) is 19.4 Å². The Morgan fingerprint density at radius 3 is 2.41 bits per heavy atom. The number of amides is 2. The second kappa shape index (κ2) is 9.17. The predicted molar refractivity (Wildman–Crippen MR) is 129 cm³/mol. The van der Waals surface area contributed by atoms with Crippen LogP contribution in [0.3, 0.4) is 0 Å². The predicted octanol–water partition coefficient (Wildman–Crippen LogP) is 4.05. The van der Waals surface area contributed by atoms with Gasteiger partial charge in [-0.15, -0.1) is 22.7 Å². The van der Waals surface area contributed by atoms with Crippen molar-refractivity contribution in [3.05, 3.63) is 79.7 Å². The lowest BCUT2D eigenvalue weighted by Gasteiger charge is -2.39. The number of benzene rings is 1. The number of carbonyl (C=O) groups is 2. The molecule has 0 unspecified atom stereocenters. The Hall–Kier alpha value is -2.48. The van der Waals surface area contributed by atoms with E-state index in [0.29, 0.717) is 32.7 Å². The molecular formula is C25H27N3O2S2. The van der Waals surface area contributed by atoms with Gasteiger partial charge in [0.05, 0.1) is 17.5 Å². The number of aryl methyl sites for hydroxylation is 1. The molecule has 32 heavy (non-hydrogen) atoms. The molecule has 0 N–H and O–H groups in total. The Morgan fingerprint density at radius 2 is 1.66 bits per heavy atom. The smallest absolute Gasteiger partial charge is 0.264 e. The molecule has 4 heterocycles. The molecular weight excluding hydrogens is 438 g/mol. The molecule has 2 aliphatic rings. The molecule has 1 saturated heterocycles. The molecule has 0 radical (unpaired) electrons. The van der Waals surface area contributed by atoms with Gasteiger partial charge in [-0.1, -0.05) is 30.3 Å². The van der Waals surface area contributed by atoms with E-state index in [1.807, 2.05) is 38.6 Å². The molecule has 5 nitrogen and oxygen atoms in total. The third-order valence-electron chi connectivity index (χ3n) is 6.54. The molecule has 1 aromatic carbocycles. The Labute approximate surface area is 196 Å². The van der Waals surface area contributed by atoms with Crippen molar-refractivity contribution in [2.24, 2.45) is 0 Å². The summed E-state index contributed by atoms with van der Waals surface area (Å²) in [6.45, 7) is 5.84. The van der Waals surface area contributed by atoms with Crippen LogP contribution >= 0.6 is 22.7 Å². The standard InChI is InChI=1S/C25H27N3O2S2/c1-18-5-2-3-6-19(18)24-20-9-16-32-21(20)8-10-28(24)17-23(29)26-11-13-27(14-12-26)25(30)22-7-4-15-31-22/h2-7,9,15-16,24H,8,10-14,17H2,1H3/t24-/m0/s1. The van der Waals surface area contributed by atoms with E-state index < -0.39 is 0 Å². The number of fused-ring (bicyclic) bond motifs is 1. The Kier molecular flexibility index (Phi) is 6.13. The van der Waals surface area contributed by atoms with E-state index in [2.05, 4.69) is 47.5 Å². The minimum absolute atomic E-state index is 0.0766. The number of rotatable bonds is 4. The minimum atomic E-state index is 0.0766. The molecule has 7 heteroatoms. The van der Waals surface area contributed by atoms with Crippen molar-refractivity contribution < 1.29 is 9.59 Å². The van der Waals surface area contributed by atoms with Gasteiger partial charge in [0.15, 0.2) is 0 Å². The van der Waals surface area contributed by atoms with Crippen LogP contribution in [0.4, 0.5) is 0 Å². The highest BCUT2D eigenvalue weighted by Crippen LogP contribution is 2.38. The lowest BCUT2D eigenvalue weighted by Crippen LogP contribution is -2.53. The maximum atomic E-state index is 13.3. The van der Waals surface area contributed by atoms with Crippen molar-refractivity contribution >= 4 is 34.5 Å². The maximum absolute atomic E-state index is 13.3. The monoisotopic (exact) mass is 465 g/mol. The van der Waals surface area contributed by atoms with Crippen LogP contribution in [0.1, 0.15) is 37.3 Å². The molecule has 1 atom stereocenters. The zero-order valence-corrected chi connectivity index (χ0v) is 19.8. The summed E-state index contributed by atoms with van der Waals surface area (Å²) in [5, 5.41) is 4.10. The summed E-state index contributed by atoms with van der Waals surface area (Å²) < 4.78 is 0. The summed E-state index contributed by atoms with van der Waals surface area (Å²) in [5.41, 5.74) is 3.88. The second-order valence-electron chi connectivity index (χ2n) is 8.43. The first-order valence-electron chi connectivity index (χ1n) is 11.1. The highest BCUT2D eigenvalue weighted by Gasteiger charge is 2.33. The van der Waals surface area contributed by atoms with Gasteiger partial charge in [-0.25, -0.2) is 0 Å². The van der Waals surface area contributed by atoms with E-state index in [0.717, 1.165) is 17.8 Å². The highest BCUT2D eigenvalue weighted by molar-refractivity contribution is 7.12. The summed E-state index contributed by atoms with van der Waals surface area (Å²) in [7, 11) is 0. The van der Waals surface area contributed by atoms with E-state index in [1.54, 1.807) is 0 Å². The van der Waals surface area contributed by atoms with E-state index in [1.165, 1.54) is 32.9 Å². The topological polar surface area (TPSA) is 43.9 Å². The van der Waals surface area contributed by atoms with Crippen LogP contribution in [0, 0.1) is 6.92 Å². The number of carbonyl (C=O) groups excluding carboxylic acids is 2. The third-order valence-corrected chi connectivity index (χ3v) is 8.39. The molecule has 0 spiro atoms. The molecule has 3 aromatic rings. The van der Waals surface area contributed by atoms with Gasteiger partial charge in [0.25, 0.3) is 5.91 Å². The van der Waals surface area contributed by atoms with E-state index in [9.17, 15) is 9.59 Å². The molecule has 1 fully saturated rings. The van der Waals surface area contributed by atoms with Crippen LogP contribution in [-0.2, 0) is 11.2 Å². The summed E-state index contributed by atoms with van der Waals surface area (Å²) >= 11 is 3.29. The van der Waals surface area contributed by atoms with Gasteiger partial charge < -0.3 is 9.80 Å². The van der Waals surface area contributed by atoms with Gasteiger partial charge in [0.1, 0.15) is 0 Å². The van der Waals surface area contributed by atoms with Crippen molar-refractivity contribution in [1.82, 2.24) is 14.7 Å². The quantitative estimate of drug-likeness (QED) is 0.584. The fourth-order valence-corrected chi connectivity index (χ4v) is 6.38. The van der Waals surface area contributed by atoms with Crippen molar-refractivity contribution in [3.63, 3.8) is 0 Å². The highest BCUT2D eigenvalue weighted by atomic mass is 32.1. The van der Waals surface area contributed by atoms with Crippen LogP contribution in [-0.4, -0.2) is 65.8 Å². The fraction of sp³-hybridized carbons (Fsp3) is 0.360. The summed E-state index contributed by atoms with van der Waals surface area (Å²) in [6, 6.07) is 14.6. The molecule has 0 saturated carbocycles. The first-order chi connectivity index (χ1) is 15.6. The normalized spacial score (nSPS) is 19.1. The Morgan fingerprint density at radius 1 is 0.875 bits per heavy atom. The molecule has 2 amide bonds. The van der Waals surface area contributed by atoms with Crippen LogP contribution in [0.2, 0.25) is 0 Å². The number of piperazine rings is 1. The van der Waals surface area contributed by atoms with Crippen LogP contribution in [0.15, 0.2) is 53.2 Å². The lowest BCUT2D eigenvalue weighted by molar-refractivity contribution is -0.134. The van der Waals surface area contributed by atoms with Crippen molar-refractivity contribution in [3.8, 4) is 0 Å². The van der Waals surface area contributed by atoms with Gasteiger partial charge in [0.2, 0.25) is 5.91 Å². The first kappa shape index (κ1) is 21.4. The molecule has 166 valence electrons. The summed E-state index contributed by atoms with van der Waals surface area (Å²) in [4.78, 5) is 34.2. The number of hydrogen-bond acceptors (Lipinski definition) is 5. The largest absolute Gasteiger partial charge is 0.338 e. The van der Waals surface area contributed by atoms with Gasteiger partial charge in [0, 0.05) is 37.6 Å². The average Bonchev–Trinajstić information content (AvgIpc) is 3.51. The van der Waals surface area contributed by atoms with Crippen LogP contribution in [0.5, 0.6) is 0 Å². The second-order valence-corrected chi connectivity index (χ2v) is 10.4. The van der Waals surface area contributed by atoms with Crippen LogP contribution < -0.4 is 0 Å². The Balaban J connectivity index is 1.28. The fourth-order valence-electron chi connectivity index (χ4n) is 4.79. The van der Waals surface area contributed by atoms with Gasteiger partial charge >= 0.3 is 0 Å². The van der Waals surface area contributed by atoms with E-state index >= 15 is 0 Å². The average molecular weight is 466 g/mol. The van der Waals surface area contributed by atoms with Crippen LogP contribution in [0.25, 0.3) is 0 Å². The minimum Gasteiger partial charge on any atom is -0.338 e. The number of nitrogens with zero attached hydrogens (tertiary/aromatic N) is 3. The van der Waals surface area contributed by atoms with E-state index in [-0.39, 0.29) is 17.9 Å². The molecule has 2 aromatic heterocycles. The first-order valence-corrected chi connectivity index (χ1v) is 12.8. The number of thiophene rings is 2. The van der Waals surface area contributed by atoms with Crippen molar-refractivity contribution in [1.29, 1.82) is 0 Å². The Bertz CT molecular complexity index is 1100.